The standard InChI is InChI=1S/C12H20N2/c1-4-5-6-10-9(3)12(14)8(2)7-11(10)13/h7H,4-6,13-14H2,1-3H3. The first kappa shape index (κ1) is 10.9. The summed E-state index contributed by atoms with van der Waals surface area (Å²) in [4.78, 5) is 0. The molecule has 0 aromatic heterocycles. The van der Waals surface area contributed by atoms with Crippen LogP contribution in [-0.4, -0.2) is 0 Å². The van der Waals surface area contributed by atoms with Crippen LogP contribution in [0.15, 0.2) is 6.07 Å². The van der Waals surface area contributed by atoms with Gasteiger partial charge in [-0.15, -0.1) is 0 Å². The number of nitrogen functional groups attached to an aromatic ring is 2. The highest BCUT2D eigenvalue weighted by Crippen LogP contribution is 2.27. The Labute approximate surface area is 86.3 Å². The van der Waals surface area contributed by atoms with E-state index in [1.54, 1.807) is 0 Å². The largest absolute Gasteiger partial charge is 0.398 e. The molecule has 0 fully saturated rings. The van der Waals surface area contributed by atoms with Gasteiger partial charge in [0, 0.05) is 11.4 Å². The van der Waals surface area contributed by atoms with Crippen LogP contribution in [0.3, 0.4) is 0 Å². The lowest BCUT2D eigenvalue weighted by Crippen LogP contribution is -2.03. The number of hydrogen-bond acceptors (Lipinski definition) is 2. The van der Waals surface area contributed by atoms with Crippen LogP contribution >= 0.6 is 0 Å². The normalized spacial score (nSPS) is 10.5. The van der Waals surface area contributed by atoms with Crippen LogP contribution in [0, 0.1) is 13.8 Å². The van der Waals surface area contributed by atoms with Crippen LogP contribution in [-0.2, 0) is 6.42 Å². The maximum absolute atomic E-state index is 5.98. The molecule has 0 heterocycles. The van der Waals surface area contributed by atoms with Crippen molar-refractivity contribution in [2.45, 2.75) is 40.0 Å². The molecule has 1 rings (SSSR count). The average molecular weight is 192 g/mol. The molecule has 78 valence electrons. The quantitative estimate of drug-likeness (QED) is 0.723. The minimum absolute atomic E-state index is 0.891. The molecule has 1 aromatic rings. The molecular formula is C12H20N2. The minimum Gasteiger partial charge on any atom is -0.398 e. The predicted octanol–water partition coefficient (Wildman–Crippen LogP) is 2.81. The van der Waals surface area contributed by atoms with E-state index in [4.69, 9.17) is 11.5 Å². The molecule has 0 aliphatic rings. The van der Waals surface area contributed by atoms with Crippen molar-refractivity contribution in [3.05, 3.63) is 22.8 Å². The third-order valence-electron chi connectivity index (χ3n) is 2.78. The zero-order valence-corrected chi connectivity index (χ0v) is 9.35. The number of nitrogens with two attached hydrogens (primary N) is 2. The average Bonchev–Trinajstić information content (AvgIpc) is 2.14. The fourth-order valence-corrected chi connectivity index (χ4v) is 1.76. The highest BCUT2D eigenvalue weighted by Gasteiger charge is 2.08. The number of unbranched alkanes of at least 4 members (excludes halogenated alkanes) is 1. The lowest BCUT2D eigenvalue weighted by atomic mass is 9.97. The Hall–Kier alpha value is -1.18. The summed E-state index contributed by atoms with van der Waals surface area (Å²) in [5.41, 5.74) is 17.2. The maximum Gasteiger partial charge on any atom is 0.0377 e. The van der Waals surface area contributed by atoms with Crippen LogP contribution in [0.4, 0.5) is 11.4 Å². The molecule has 1 aromatic carbocycles. The summed E-state index contributed by atoms with van der Waals surface area (Å²) in [7, 11) is 0. The topological polar surface area (TPSA) is 52.0 Å². The minimum atomic E-state index is 0.891. The number of anilines is 2. The number of rotatable bonds is 3. The zero-order valence-electron chi connectivity index (χ0n) is 9.35. The van der Waals surface area contributed by atoms with Gasteiger partial charge in [-0.2, -0.15) is 0 Å². The van der Waals surface area contributed by atoms with E-state index >= 15 is 0 Å². The Bertz CT molecular complexity index is 330. The van der Waals surface area contributed by atoms with Crippen molar-refractivity contribution in [2.75, 3.05) is 11.5 Å². The second-order valence-electron chi connectivity index (χ2n) is 3.90. The van der Waals surface area contributed by atoms with Gasteiger partial charge < -0.3 is 11.5 Å². The van der Waals surface area contributed by atoms with Crippen molar-refractivity contribution in [1.82, 2.24) is 0 Å². The molecule has 2 nitrogen and oxygen atoms in total. The third-order valence-corrected chi connectivity index (χ3v) is 2.78. The maximum atomic E-state index is 5.98. The molecule has 0 spiro atoms. The summed E-state index contributed by atoms with van der Waals surface area (Å²) >= 11 is 0. The fourth-order valence-electron chi connectivity index (χ4n) is 1.76. The molecule has 0 saturated carbocycles. The second-order valence-corrected chi connectivity index (χ2v) is 3.90. The predicted molar refractivity (Wildman–Crippen MR) is 63.4 cm³/mol. The summed E-state index contributed by atoms with van der Waals surface area (Å²) in [6.07, 6.45) is 3.40. The fraction of sp³-hybridized carbons (Fsp3) is 0.500. The van der Waals surface area contributed by atoms with Crippen molar-refractivity contribution in [2.24, 2.45) is 0 Å². The van der Waals surface area contributed by atoms with Crippen LogP contribution in [0.2, 0.25) is 0 Å². The lowest BCUT2D eigenvalue weighted by molar-refractivity contribution is 0.793. The molecular weight excluding hydrogens is 172 g/mol. The number of benzene rings is 1. The van der Waals surface area contributed by atoms with E-state index in [1.165, 1.54) is 18.4 Å². The van der Waals surface area contributed by atoms with Crippen LogP contribution in [0.1, 0.15) is 36.5 Å². The summed E-state index contributed by atoms with van der Waals surface area (Å²) in [6, 6.07) is 1.98. The van der Waals surface area contributed by atoms with Crippen LogP contribution in [0.25, 0.3) is 0 Å². The molecule has 0 atom stereocenters. The van der Waals surface area contributed by atoms with Gasteiger partial charge in [-0.05, 0) is 49.4 Å². The van der Waals surface area contributed by atoms with Gasteiger partial charge in [0.05, 0.1) is 0 Å². The molecule has 0 saturated heterocycles. The molecule has 0 amide bonds. The van der Waals surface area contributed by atoms with E-state index in [1.807, 2.05) is 13.0 Å². The molecule has 2 heteroatoms. The SMILES string of the molecule is CCCCc1c(N)cc(C)c(N)c1C. The summed E-state index contributed by atoms with van der Waals surface area (Å²) < 4.78 is 0. The molecule has 0 radical (unpaired) electrons. The number of hydrogen-bond donors (Lipinski definition) is 2. The van der Waals surface area contributed by atoms with Gasteiger partial charge in [-0.1, -0.05) is 13.3 Å². The Morgan fingerprint density at radius 1 is 1.21 bits per heavy atom. The molecule has 0 aliphatic carbocycles. The lowest BCUT2D eigenvalue weighted by Gasteiger charge is -2.13. The molecule has 4 N–H and O–H groups in total. The van der Waals surface area contributed by atoms with Gasteiger partial charge in [0.15, 0.2) is 0 Å². The van der Waals surface area contributed by atoms with Gasteiger partial charge in [0.1, 0.15) is 0 Å². The van der Waals surface area contributed by atoms with Gasteiger partial charge in [0.2, 0.25) is 0 Å². The first-order valence-electron chi connectivity index (χ1n) is 5.22. The third kappa shape index (κ3) is 2.00. The monoisotopic (exact) mass is 192 g/mol. The van der Waals surface area contributed by atoms with Crippen LogP contribution < -0.4 is 11.5 Å². The van der Waals surface area contributed by atoms with Crippen molar-refractivity contribution in [3.63, 3.8) is 0 Å². The van der Waals surface area contributed by atoms with Gasteiger partial charge in [-0.25, -0.2) is 0 Å². The van der Waals surface area contributed by atoms with Gasteiger partial charge >= 0.3 is 0 Å². The highest BCUT2D eigenvalue weighted by atomic mass is 14.6. The van der Waals surface area contributed by atoms with Crippen LogP contribution in [0.5, 0.6) is 0 Å². The van der Waals surface area contributed by atoms with Gasteiger partial charge in [0.25, 0.3) is 0 Å². The first-order chi connectivity index (χ1) is 6.57. The second kappa shape index (κ2) is 4.36. The van der Waals surface area contributed by atoms with E-state index in [-0.39, 0.29) is 0 Å². The molecule has 0 aliphatic heterocycles. The van der Waals surface area contributed by atoms with Crippen molar-refractivity contribution in [1.29, 1.82) is 0 Å². The van der Waals surface area contributed by atoms with Gasteiger partial charge in [-0.3, -0.25) is 0 Å². The molecule has 0 bridgehead atoms. The molecule has 0 unspecified atom stereocenters. The van der Waals surface area contributed by atoms with E-state index in [2.05, 4.69) is 13.8 Å². The van der Waals surface area contributed by atoms with Crippen molar-refractivity contribution in [3.8, 4) is 0 Å². The van der Waals surface area contributed by atoms with E-state index in [0.29, 0.717) is 0 Å². The van der Waals surface area contributed by atoms with Crippen molar-refractivity contribution < 1.29 is 0 Å². The Morgan fingerprint density at radius 3 is 2.43 bits per heavy atom. The molecule has 14 heavy (non-hydrogen) atoms. The first-order valence-corrected chi connectivity index (χ1v) is 5.22. The Morgan fingerprint density at radius 2 is 1.86 bits per heavy atom. The van der Waals surface area contributed by atoms with E-state index < -0.39 is 0 Å². The van der Waals surface area contributed by atoms with E-state index in [9.17, 15) is 0 Å². The Kier molecular flexibility index (Phi) is 3.39. The number of aryl methyl sites for hydroxylation is 1. The Balaban J connectivity index is 3.09. The summed E-state index contributed by atoms with van der Waals surface area (Å²) in [6.45, 7) is 6.25. The van der Waals surface area contributed by atoms with Crippen molar-refractivity contribution >= 4 is 11.4 Å². The summed E-state index contributed by atoms with van der Waals surface area (Å²) in [5, 5.41) is 0. The highest BCUT2D eigenvalue weighted by molar-refractivity contribution is 5.65. The summed E-state index contributed by atoms with van der Waals surface area (Å²) in [5.74, 6) is 0. The van der Waals surface area contributed by atoms with E-state index in [0.717, 1.165) is 28.9 Å². The zero-order chi connectivity index (χ0) is 10.7. The smallest absolute Gasteiger partial charge is 0.0377 e.